The molecule has 0 radical (unpaired) electrons. The second kappa shape index (κ2) is 6.97. The van der Waals surface area contributed by atoms with Gasteiger partial charge in [-0.2, -0.15) is 0 Å². The number of aliphatic imine (C=N–C) groups is 1. The van der Waals surface area contributed by atoms with Gasteiger partial charge in [0, 0.05) is 28.0 Å². The molecule has 4 nitrogen and oxygen atoms in total. The van der Waals surface area contributed by atoms with Gasteiger partial charge in [0.15, 0.2) is 0 Å². The maximum absolute atomic E-state index is 5.64. The Morgan fingerprint density at radius 1 is 1.12 bits per heavy atom. The molecule has 4 rings (SSSR count). The predicted molar refractivity (Wildman–Crippen MR) is 112 cm³/mol. The van der Waals surface area contributed by atoms with Crippen molar-refractivity contribution in [1.29, 1.82) is 0 Å². The van der Waals surface area contributed by atoms with E-state index in [9.17, 15) is 0 Å². The van der Waals surface area contributed by atoms with Crippen LogP contribution in [-0.4, -0.2) is 21.0 Å². The average molecular weight is 423 g/mol. The number of nitrogens with zero attached hydrogens (tertiary/aromatic N) is 3. The van der Waals surface area contributed by atoms with Gasteiger partial charge in [-0.15, -0.1) is 0 Å². The van der Waals surface area contributed by atoms with Crippen molar-refractivity contribution in [3.05, 3.63) is 81.2 Å². The first-order valence-corrected chi connectivity index (χ1v) is 9.29. The van der Waals surface area contributed by atoms with Crippen LogP contribution in [0.25, 0.3) is 16.6 Å². The lowest BCUT2D eigenvalue weighted by Crippen LogP contribution is -1.95. The van der Waals surface area contributed by atoms with E-state index < -0.39 is 0 Å². The summed E-state index contributed by atoms with van der Waals surface area (Å²) in [6, 6.07) is 17.9. The van der Waals surface area contributed by atoms with E-state index in [1.807, 2.05) is 72.4 Å². The van der Waals surface area contributed by atoms with Gasteiger partial charge in [0.1, 0.15) is 4.64 Å². The largest absolute Gasteiger partial charge is 0.297 e. The zero-order chi connectivity index (χ0) is 18.1. The van der Waals surface area contributed by atoms with Gasteiger partial charge in [0.25, 0.3) is 0 Å². The molecule has 0 aliphatic rings. The van der Waals surface area contributed by atoms with Crippen LogP contribution in [0.2, 0.25) is 0 Å². The number of benzene rings is 2. The van der Waals surface area contributed by atoms with Crippen molar-refractivity contribution in [2.24, 2.45) is 4.99 Å². The van der Waals surface area contributed by atoms with Crippen molar-refractivity contribution in [2.75, 3.05) is 0 Å². The lowest BCUT2D eigenvalue weighted by atomic mass is 10.2. The standard InChI is InChI=1S/C20H15BrN4S/c1-13-16(20(26)25(24-13)14-6-3-2-4-7-14)12-23-18-10-9-17(21)15-8-5-11-22-19(15)18/h2-12,24H,1H3. The van der Waals surface area contributed by atoms with Gasteiger partial charge in [-0.3, -0.25) is 15.1 Å². The number of hydrogen-bond acceptors (Lipinski definition) is 3. The van der Waals surface area contributed by atoms with E-state index in [4.69, 9.17) is 12.2 Å². The van der Waals surface area contributed by atoms with Crippen LogP contribution >= 0.6 is 28.1 Å². The van der Waals surface area contributed by atoms with Crippen molar-refractivity contribution in [3.63, 3.8) is 0 Å². The molecule has 0 amide bonds. The zero-order valence-corrected chi connectivity index (χ0v) is 16.4. The highest BCUT2D eigenvalue weighted by Crippen LogP contribution is 2.30. The number of para-hydroxylation sites is 1. The molecule has 0 atom stereocenters. The van der Waals surface area contributed by atoms with Crippen LogP contribution in [0.1, 0.15) is 11.3 Å². The number of H-pyrrole nitrogens is 1. The van der Waals surface area contributed by atoms with E-state index in [1.165, 1.54) is 0 Å². The number of nitrogens with one attached hydrogen (secondary N) is 1. The Kier molecular flexibility index (Phi) is 4.53. The molecule has 4 aromatic rings. The fourth-order valence-corrected chi connectivity index (χ4v) is 3.64. The molecule has 0 saturated carbocycles. The molecule has 0 bridgehead atoms. The first-order chi connectivity index (χ1) is 12.6. The fraction of sp³-hybridized carbons (Fsp3) is 0.0500. The number of rotatable bonds is 3. The Bertz CT molecular complexity index is 1180. The monoisotopic (exact) mass is 422 g/mol. The number of halogens is 1. The minimum absolute atomic E-state index is 0.701. The van der Waals surface area contributed by atoms with Gasteiger partial charge in [-0.1, -0.05) is 52.4 Å². The molecule has 6 heteroatoms. The quantitative estimate of drug-likeness (QED) is 0.329. The second-order valence-electron chi connectivity index (χ2n) is 5.85. The van der Waals surface area contributed by atoms with E-state index in [2.05, 4.69) is 31.0 Å². The smallest absolute Gasteiger partial charge is 0.136 e. The van der Waals surface area contributed by atoms with Crippen LogP contribution in [0, 0.1) is 11.6 Å². The Labute approximate surface area is 164 Å². The maximum Gasteiger partial charge on any atom is 0.136 e. The number of fused-ring (bicyclic) bond motifs is 1. The van der Waals surface area contributed by atoms with Crippen molar-refractivity contribution in [1.82, 2.24) is 14.8 Å². The summed E-state index contributed by atoms with van der Waals surface area (Å²) in [5.41, 5.74) is 4.53. The SMILES string of the molecule is Cc1[nH]n(-c2ccccc2)c(=S)c1C=Nc1ccc(Br)c2cccnc12. The zero-order valence-electron chi connectivity index (χ0n) is 14.0. The van der Waals surface area contributed by atoms with Crippen LogP contribution in [0.4, 0.5) is 5.69 Å². The van der Waals surface area contributed by atoms with Crippen LogP contribution < -0.4 is 0 Å². The summed E-state index contributed by atoms with van der Waals surface area (Å²) in [5.74, 6) is 0. The summed E-state index contributed by atoms with van der Waals surface area (Å²) >= 11 is 9.21. The van der Waals surface area contributed by atoms with Gasteiger partial charge in [0.05, 0.1) is 22.5 Å². The summed E-state index contributed by atoms with van der Waals surface area (Å²) in [6.07, 6.45) is 3.59. The van der Waals surface area contributed by atoms with Gasteiger partial charge in [-0.05, 0) is 37.3 Å². The minimum Gasteiger partial charge on any atom is -0.297 e. The average Bonchev–Trinajstić information content (AvgIpc) is 2.96. The van der Waals surface area contributed by atoms with Crippen LogP contribution in [-0.2, 0) is 0 Å². The molecule has 0 spiro atoms. The highest BCUT2D eigenvalue weighted by Gasteiger charge is 2.08. The molecule has 2 heterocycles. The summed E-state index contributed by atoms with van der Waals surface area (Å²) < 4.78 is 3.60. The third kappa shape index (κ3) is 3.02. The van der Waals surface area contributed by atoms with E-state index >= 15 is 0 Å². The summed E-state index contributed by atoms with van der Waals surface area (Å²) in [4.78, 5) is 9.14. The Balaban J connectivity index is 1.79. The van der Waals surface area contributed by atoms with Crippen LogP contribution in [0.15, 0.2) is 70.3 Å². The lowest BCUT2D eigenvalue weighted by Gasteiger charge is -2.02. The molecule has 0 aliphatic carbocycles. The van der Waals surface area contributed by atoms with Crippen LogP contribution in [0.3, 0.4) is 0 Å². The van der Waals surface area contributed by atoms with Gasteiger partial charge < -0.3 is 0 Å². The number of aromatic nitrogens is 3. The normalized spacial score (nSPS) is 11.5. The maximum atomic E-state index is 5.64. The number of aryl methyl sites for hydroxylation is 1. The molecule has 128 valence electrons. The van der Waals surface area contributed by atoms with Crippen molar-refractivity contribution >= 4 is 51.0 Å². The predicted octanol–water partition coefficient (Wildman–Crippen LogP) is 5.90. The summed E-state index contributed by atoms with van der Waals surface area (Å²) in [6.45, 7) is 1.99. The third-order valence-corrected chi connectivity index (χ3v) is 5.25. The Morgan fingerprint density at radius 2 is 1.92 bits per heavy atom. The Morgan fingerprint density at radius 3 is 2.73 bits per heavy atom. The minimum atomic E-state index is 0.701. The van der Waals surface area contributed by atoms with E-state index in [-0.39, 0.29) is 0 Å². The number of aromatic amines is 1. The van der Waals surface area contributed by atoms with Crippen molar-refractivity contribution in [2.45, 2.75) is 6.92 Å². The van der Waals surface area contributed by atoms with Crippen molar-refractivity contribution < 1.29 is 0 Å². The molecule has 0 unspecified atom stereocenters. The van der Waals surface area contributed by atoms with Gasteiger partial charge >= 0.3 is 0 Å². The highest BCUT2D eigenvalue weighted by molar-refractivity contribution is 9.10. The molecule has 1 N–H and O–H groups in total. The van der Waals surface area contributed by atoms with Crippen molar-refractivity contribution in [3.8, 4) is 5.69 Å². The van der Waals surface area contributed by atoms with Gasteiger partial charge in [0.2, 0.25) is 0 Å². The molecular formula is C20H15BrN4S. The number of hydrogen-bond donors (Lipinski definition) is 1. The molecule has 0 saturated heterocycles. The molecule has 2 aromatic heterocycles. The topological polar surface area (TPSA) is 46.0 Å². The number of pyridine rings is 1. The van der Waals surface area contributed by atoms with E-state index in [0.29, 0.717) is 4.64 Å². The molecule has 0 fully saturated rings. The molecule has 26 heavy (non-hydrogen) atoms. The summed E-state index contributed by atoms with van der Waals surface area (Å²) in [5, 5.41) is 4.34. The highest BCUT2D eigenvalue weighted by atomic mass is 79.9. The Hall–Kier alpha value is -2.57. The van der Waals surface area contributed by atoms with E-state index in [1.54, 1.807) is 6.20 Å². The fourth-order valence-electron chi connectivity index (χ4n) is 2.83. The summed E-state index contributed by atoms with van der Waals surface area (Å²) in [7, 11) is 0. The van der Waals surface area contributed by atoms with Crippen LogP contribution in [0.5, 0.6) is 0 Å². The van der Waals surface area contributed by atoms with E-state index in [0.717, 1.165) is 38.0 Å². The van der Waals surface area contributed by atoms with Gasteiger partial charge in [-0.25, -0.2) is 4.68 Å². The first kappa shape index (κ1) is 16.9. The molecule has 2 aromatic carbocycles. The first-order valence-electron chi connectivity index (χ1n) is 8.09. The third-order valence-electron chi connectivity index (χ3n) is 4.16. The second-order valence-corrected chi connectivity index (χ2v) is 7.09. The molecular weight excluding hydrogens is 408 g/mol. The molecule has 0 aliphatic heterocycles. The lowest BCUT2D eigenvalue weighted by molar-refractivity contribution is 0.853.